The minimum atomic E-state index is -0.140. The highest BCUT2D eigenvalue weighted by molar-refractivity contribution is 6.33. The Morgan fingerprint density at radius 3 is 2.50 bits per heavy atom. The Kier molecular flexibility index (Phi) is 5.62. The summed E-state index contributed by atoms with van der Waals surface area (Å²) in [4.78, 5) is 16.7. The third-order valence-electron chi connectivity index (χ3n) is 5.13. The van der Waals surface area contributed by atoms with Crippen LogP contribution in [0.3, 0.4) is 0 Å². The molecule has 1 saturated heterocycles. The molecule has 0 atom stereocenters. The number of hydrogen-bond acceptors (Lipinski definition) is 6. The molecule has 1 aliphatic rings. The van der Waals surface area contributed by atoms with E-state index in [1.807, 2.05) is 28.8 Å². The van der Waals surface area contributed by atoms with E-state index in [9.17, 15) is 4.79 Å². The second-order valence-electron chi connectivity index (χ2n) is 8.53. The number of benzene rings is 1. The highest BCUT2D eigenvalue weighted by Crippen LogP contribution is 2.22. The summed E-state index contributed by atoms with van der Waals surface area (Å²) < 4.78 is 1.83. The molecule has 4 rings (SSSR count). The molecule has 2 aromatic heterocycles. The molecule has 30 heavy (non-hydrogen) atoms. The van der Waals surface area contributed by atoms with E-state index in [4.69, 9.17) is 16.7 Å². The molecule has 9 heteroatoms. The highest BCUT2D eigenvalue weighted by Gasteiger charge is 2.24. The number of hydrogen-bond donors (Lipinski definition) is 1. The van der Waals surface area contributed by atoms with Crippen molar-refractivity contribution in [3.05, 3.63) is 47.2 Å². The molecule has 0 spiro atoms. The molecule has 3 aromatic rings. The van der Waals surface area contributed by atoms with Crippen molar-refractivity contribution in [3.63, 3.8) is 0 Å². The lowest BCUT2D eigenvalue weighted by Crippen LogP contribution is -2.49. The Hall–Kier alpha value is -2.71. The monoisotopic (exact) mass is 427 g/mol. The van der Waals surface area contributed by atoms with Gasteiger partial charge in [-0.3, -0.25) is 9.69 Å². The summed E-state index contributed by atoms with van der Waals surface area (Å²) in [6, 6.07) is 11.2. The van der Waals surface area contributed by atoms with Crippen LogP contribution in [0.15, 0.2) is 36.4 Å². The molecule has 1 N–H and O–H groups in total. The number of carbonyl (C=O) groups is 1. The van der Waals surface area contributed by atoms with E-state index >= 15 is 0 Å². The number of rotatable bonds is 4. The third-order valence-corrected chi connectivity index (χ3v) is 5.46. The first kappa shape index (κ1) is 20.6. The number of fused-ring (bicyclic) bond motifs is 1. The second-order valence-corrected chi connectivity index (χ2v) is 8.93. The van der Waals surface area contributed by atoms with Crippen molar-refractivity contribution in [2.75, 3.05) is 42.9 Å². The fourth-order valence-electron chi connectivity index (χ4n) is 3.51. The molecular weight excluding hydrogens is 402 g/mol. The van der Waals surface area contributed by atoms with Crippen LogP contribution in [0.1, 0.15) is 26.6 Å². The van der Waals surface area contributed by atoms with Gasteiger partial charge in [0.15, 0.2) is 11.5 Å². The van der Waals surface area contributed by atoms with Crippen molar-refractivity contribution < 1.29 is 4.79 Å². The van der Waals surface area contributed by atoms with Gasteiger partial charge in [-0.05, 0) is 24.3 Å². The number of halogens is 1. The molecule has 1 fully saturated rings. The largest absolute Gasteiger partial charge is 0.353 e. The number of anilines is 2. The van der Waals surface area contributed by atoms with E-state index in [2.05, 4.69) is 46.1 Å². The first-order valence-corrected chi connectivity index (χ1v) is 10.4. The molecule has 0 saturated carbocycles. The smallest absolute Gasteiger partial charge is 0.238 e. The fourth-order valence-corrected chi connectivity index (χ4v) is 3.69. The number of aromatic nitrogens is 4. The lowest BCUT2D eigenvalue weighted by Gasteiger charge is -2.34. The molecular formula is C21H26ClN7O. The van der Waals surface area contributed by atoms with Crippen LogP contribution >= 0.6 is 11.6 Å². The summed E-state index contributed by atoms with van der Waals surface area (Å²) in [5.74, 6) is 1.68. The number of nitrogens with one attached hydrogen (secondary N) is 1. The van der Waals surface area contributed by atoms with Crippen LogP contribution in [0.25, 0.3) is 5.65 Å². The molecule has 3 heterocycles. The third kappa shape index (κ3) is 4.39. The molecule has 0 aliphatic carbocycles. The quantitative estimate of drug-likeness (QED) is 0.689. The standard InChI is InChI=1S/C21H26ClN7O/c1-21(2,3)20-25-24-17-8-9-18(26-29(17)20)28-12-10-27(11-13-28)14-19(30)23-16-7-5-4-6-15(16)22/h4-9H,10-14H2,1-3H3,(H,23,30). The number of carbonyl (C=O) groups excluding carboxylic acids is 1. The number of amides is 1. The van der Waals surface area contributed by atoms with Crippen molar-refractivity contribution in [3.8, 4) is 0 Å². The van der Waals surface area contributed by atoms with Crippen molar-refractivity contribution in [1.29, 1.82) is 0 Å². The summed E-state index contributed by atoms with van der Waals surface area (Å²) in [7, 11) is 0. The molecule has 158 valence electrons. The minimum Gasteiger partial charge on any atom is -0.353 e. The summed E-state index contributed by atoms with van der Waals surface area (Å²) in [5, 5.41) is 16.7. The maximum absolute atomic E-state index is 12.4. The van der Waals surface area contributed by atoms with Crippen LogP contribution in [0.4, 0.5) is 11.5 Å². The van der Waals surface area contributed by atoms with Gasteiger partial charge < -0.3 is 10.2 Å². The van der Waals surface area contributed by atoms with E-state index in [0.29, 0.717) is 17.3 Å². The van der Waals surface area contributed by atoms with Crippen LogP contribution in [0.2, 0.25) is 5.02 Å². The molecule has 0 unspecified atom stereocenters. The van der Waals surface area contributed by atoms with Gasteiger partial charge in [0.2, 0.25) is 5.91 Å². The Morgan fingerprint density at radius 1 is 1.07 bits per heavy atom. The van der Waals surface area contributed by atoms with Gasteiger partial charge >= 0.3 is 0 Å². The second kappa shape index (κ2) is 8.20. The molecule has 8 nitrogen and oxygen atoms in total. The van der Waals surface area contributed by atoms with E-state index < -0.39 is 0 Å². The van der Waals surface area contributed by atoms with Crippen molar-refractivity contribution >= 4 is 34.7 Å². The maximum atomic E-state index is 12.4. The van der Waals surface area contributed by atoms with E-state index in [1.54, 1.807) is 12.1 Å². The van der Waals surface area contributed by atoms with E-state index in [-0.39, 0.29) is 11.3 Å². The number of piperazine rings is 1. The van der Waals surface area contributed by atoms with Crippen molar-refractivity contribution in [2.45, 2.75) is 26.2 Å². The number of nitrogens with zero attached hydrogens (tertiary/aromatic N) is 6. The molecule has 1 aliphatic heterocycles. The lowest BCUT2D eigenvalue weighted by molar-refractivity contribution is -0.117. The fraction of sp³-hybridized carbons (Fsp3) is 0.429. The van der Waals surface area contributed by atoms with E-state index in [1.165, 1.54) is 0 Å². The topological polar surface area (TPSA) is 78.7 Å². The minimum absolute atomic E-state index is 0.0598. The SMILES string of the molecule is CC(C)(C)c1nnc2ccc(N3CCN(CC(=O)Nc4ccccc4Cl)CC3)nn12. The summed E-state index contributed by atoms with van der Waals surface area (Å²) in [6.45, 7) is 9.80. The zero-order chi connectivity index (χ0) is 21.3. The summed E-state index contributed by atoms with van der Waals surface area (Å²) >= 11 is 6.12. The lowest BCUT2D eigenvalue weighted by atomic mass is 9.96. The van der Waals surface area contributed by atoms with Gasteiger partial charge in [0.25, 0.3) is 0 Å². The normalized spacial score (nSPS) is 15.5. The molecule has 1 amide bonds. The predicted octanol–water partition coefficient (Wildman–Crippen LogP) is 2.84. The average molecular weight is 428 g/mol. The Morgan fingerprint density at radius 2 is 1.80 bits per heavy atom. The maximum Gasteiger partial charge on any atom is 0.238 e. The molecule has 0 bridgehead atoms. The Balaban J connectivity index is 1.37. The first-order valence-electron chi connectivity index (χ1n) is 10.1. The van der Waals surface area contributed by atoms with Crippen molar-refractivity contribution in [2.24, 2.45) is 0 Å². The van der Waals surface area contributed by atoms with E-state index in [0.717, 1.165) is 43.5 Å². The first-order chi connectivity index (χ1) is 14.3. The summed E-state index contributed by atoms with van der Waals surface area (Å²) in [6.07, 6.45) is 0. The van der Waals surface area contributed by atoms with Crippen LogP contribution in [0, 0.1) is 0 Å². The Bertz CT molecular complexity index is 1050. The average Bonchev–Trinajstić information content (AvgIpc) is 3.14. The van der Waals surface area contributed by atoms with Crippen LogP contribution in [-0.2, 0) is 10.2 Å². The molecule has 0 radical (unpaired) electrons. The van der Waals surface area contributed by atoms with Gasteiger partial charge in [0.1, 0.15) is 5.82 Å². The van der Waals surface area contributed by atoms with Crippen LogP contribution < -0.4 is 10.2 Å². The van der Waals surface area contributed by atoms with Gasteiger partial charge in [-0.15, -0.1) is 15.3 Å². The summed E-state index contributed by atoms with van der Waals surface area (Å²) in [5.41, 5.74) is 1.25. The number of para-hydroxylation sites is 1. The van der Waals surface area contributed by atoms with Gasteiger partial charge in [-0.1, -0.05) is 44.5 Å². The molecule has 1 aromatic carbocycles. The Labute approximate surface area is 180 Å². The van der Waals surface area contributed by atoms with Gasteiger partial charge in [-0.2, -0.15) is 4.52 Å². The van der Waals surface area contributed by atoms with Crippen LogP contribution in [0.5, 0.6) is 0 Å². The zero-order valence-corrected chi connectivity index (χ0v) is 18.2. The van der Waals surface area contributed by atoms with Gasteiger partial charge in [0, 0.05) is 31.6 Å². The predicted molar refractivity (Wildman–Crippen MR) is 118 cm³/mol. The highest BCUT2D eigenvalue weighted by atomic mass is 35.5. The van der Waals surface area contributed by atoms with Crippen LogP contribution in [-0.4, -0.2) is 63.3 Å². The zero-order valence-electron chi connectivity index (χ0n) is 17.5. The van der Waals surface area contributed by atoms with Crippen molar-refractivity contribution in [1.82, 2.24) is 24.7 Å². The van der Waals surface area contributed by atoms with Gasteiger partial charge in [0.05, 0.1) is 17.3 Å². The van der Waals surface area contributed by atoms with Gasteiger partial charge in [-0.25, -0.2) is 0 Å².